The SMILES string of the molecule is Cc1ccc(-n2c(SCC(=O)NNC(=O)C3CCC3)nnc2-c2ccccc2)cc1. The van der Waals surface area contributed by atoms with Crippen LogP contribution >= 0.6 is 11.8 Å². The molecule has 0 saturated heterocycles. The minimum Gasteiger partial charge on any atom is -0.273 e. The summed E-state index contributed by atoms with van der Waals surface area (Å²) in [5.41, 5.74) is 8.02. The third-order valence-corrected chi connectivity index (χ3v) is 6.02. The molecule has 1 fully saturated rings. The highest BCUT2D eigenvalue weighted by Gasteiger charge is 2.25. The molecule has 2 N–H and O–H groups in total. The van der Waals surface area contributed by atoms with E-state index in [4.69, 9.17) is 0 Å². The van der Waals surface area contributed by atoms with Crippen LogP contribution in [0.3, 0.4) is 0 Å². The van der Waals surface area contributed by atoms with Crippen molar-refractivity contribution in [3.8, 4) is 17.1 Å². The molecule has 0 radical (unpaired) electrons. The van der Waals surface area contributed by atoms with Crippen molar-refractivity contribution in [3.63, 3.8) is 0 Å². The predicted octanol–water partition coefficient (Wildman–Crippen LogP) is 3.28. The van der Waals surface area contributed by atoms with E-state index in [1.807, 2.05) is 66.1 Å². The first-order valence-electron chi connectivity index (χ1n) is 9.91. The van der Waals surface area contributed by atoms with Gasteiger partial charge in [-0.05, 0) is 31.9 Å². The molecule has 4 rings (SSSR count). The molecule has 0 spiro atoms. The lowest BCUT2D eigenvalue weighted by atomic mass is 9.85. The number of nitrogens with one attached hydrogen (secondary N) is 2. The molecule has 3 aromatic rings. The van der Waals surface area contributed by atoms with E-state index in [1.54, 1.807) is 0 Å². The van der Waals surface area contributed by atoms with Crippen molar-refractivity contribution in [1.29, 1.82) is 0 Å². The summed E-state index contributed by atoms with van der Waals surface area (Å²) in [6.07, 6.45) is 2.84. The average Bonchev–Trinajstić information content (AvgIpc) is 3.14. The molecule has 1 aromatic heterocycles. The Morgan fingerprint density at radius 3 is 2.43 bits per heavy atom. The molecule has 7 nitrogen and oxygen atoms in total. The van der Waals surface area contributed by atoms with E-state index in [0.29, 0.717) is 11.0 Å². The van der Waals surface area contributed by atoms with Gasteiger partial charge in [0.1, 0.15) is 0 Å². The lowest BCUT2D eigenvalue weighted by Gasteiger charge is -2.23. The van der Waals surface area contributed by atoms with E-state index >= 15 is 0 Å². The second-order valence-electron chi connectivity index (χ2n) is 7.30. The zero-order chi connectivity index (χ0) is 20.9. The number of rotatable bonds is 6. The minimum absolute atomic E-state index is 0.0241. The van der Waals surface area contributed by atoms with E-state index < -0.39 is 0 Å². The second-order valence-corrected chi connectivity index (χ2v) is 8.24. The fourth-order valence-corrected chi connectivity index (χ4v) is 3.89. The maximum Gasteiger partial charge on any atom is 0.248 e. The molecule has 0 aliphatic heterocycles. The number of hydrogen-bond donors (Lipinski definition) is 2. The monoisotopic (exact) mass is 421 g/mol. The molecule has 2 amide bonds. The third-order valence-electron chi connectivity index (χ3n) is 5.09. The number of amides is 2. The van der Waals surface area contributed by atoms with Gasteiger partial charge < -0.3 is 0 Å². The van der Waals surface area contributed by atoms with E-state index in [-0.39, 0.29) is 23.5 Å². The number of aromatic nitrogens is 3. The van der Waals surface area contributed by atoms with Gasteiger partial charge >= 0.3 is 0 Å². The van der Waals surface area contributed by atoms with E-state index in [9.17, 15) is 9.59 Å². The summed E-state index contributed by atoms with van der Waals surface area (Å²) in [5, 5.41) is 9.30. The van der Waals surface area contributed by atoms with Crippen molar-refractivity contribution in [2.45, 2.75) is 31.3 Å². The summed E-state index contributed by atoms with van der Waals surface area (Å²) in [6.45, 7) is 2.03. The minimum atomic E-state index is -0.285. The number of hydrazine groups is 1. The van der Waals surface area contributed by atoms with Crippen LogP contribution in [-0.4, -0.2) is 32.3 Å². The first-order chi connectivity index (χ1) is 14.6. The molecular formula is C22H23N5O2S. The predicted molar refractivity (Wildman–Crippen MR) is 116 cm³/mol. The Kier molecular flexibility index (Phi) is 6.13. The van der Waals surface area contributed by atoms with Crippen LogP contribution in [0, 0.1) is 12.8 Å². The van der Waals surface area contributed by atoms with Gasteiger partial charge in [0.25, 0.3) is 0 Å². The van der Waals surface area contributed by atoms with Gasteiger partial charge in [-0.25, -0.2) is 0 Å². The smallest absolute Gasteiger partial charge is 0.248 e. The normalized spacial score (nSPS) is 13.5. The summed E-state index contributed by atoms with van der Waals surface area (Å²) in [7, 11) is 0. The van der Waals surface area contributed by atoms with Crippen LogP contribution in [0.4, 0.5) is 0 Å². The molecule has 2 aromatic carbocycles. The number of thioether (sulfide) groups is 1. The molecule has 8 heteroatoms. The topological polar surface area (TPSA) is 88.9 Å². The molecule has 1 heterocycles. The average molecular weight is 422 g/mol. The lowest BCUT2D eigenvalue weighted by molar-refractivity contribution is -0.132. The fraction of sp³-hybridized carbons (Fsp3) is 0.273. The van der Waals surface area contributed by atoms with Gasteiger partial charge in [-0.3, -0.25) is 25.0 Å². The zero-order valence-electron chi connectivity index (χ0n) is 16.7. The third kappa shape index (κ3) is 4.54. The highest BCUT2D eigenvalue weighted by molar-refractivity contribution is 7.99. The first kappa shape index (κ1) is 20.2. The fourth-order valence-electron chi connectivity index (χ4n) is 3.13. The molecule has 1 aliphatic rings. The van der Waals surface area contributed by atoms with Gasteiger partial charge in [-0.2, -0.15) is 0 Å². The van der Waals surface area contributed by atoms with Crippen molar-refractivity contribution in [2.24, 2.45) is 5.92 Å². The molecule has 0 atom stereocenters. The summed E-state index contributed by atoms with van der Waals surface area (Å²) >= 11 is 1.28. The van der Waals surface area contributed by atoms with Gasteiger partial charge in [0, 0.05) is 17.2 Å². The van der Waals surface area contributed by atoms with E-state index in [1.165, 1.54) is 11.8 Å². The Morgan fingerprint density at radius 2 is 1.77 bits per heavy atom. The van der Waals surface area contributed by atoms with Crippen molar-refractivity contribution in [1.82, 2.24) is 25.6 Å². The Bertz CT molecular complexity index is 1030. The van der Waals surface area contributed by atoms with Gasteiger partial charge in [0.05, 0.1) is 5.75 Å². The Hall–Kier alpha value is -3.13. The van der Waals surface area contributed by atoms with Crippen molar-refractivity contribution in [2.75, 3.05) is 5.75 Å². The van der Waals surface area contributed by atoms with Crippen LogP contribution in [0.5, 0.6) is 0 Å². The number of aryl methyl sites for hydroxylation is 1. The van der Waals surface area contributed by atoms with Crippen LogP contribution in [0.25, 0.3) is 17.1 Å². The lowest BCUT2D eigenvalue weighted by Crippen LogP contribution is -2.46. The molecule has 1 aliphatic carbocycles. The Labute approximate surface area is 179 Å². The molecule has 30 heavy (non-hydrogen) atoms. The van der Waals surface area contributed by atoms with Gasteiger partial charge in [-0.15, -0.1) is 10.2 Å². The number of hydrogen-bond acceptors (Lipinski definition) is 5. The van der Waals surface area contributed by atoms with E-state index in [0.717, 1.165) is 36.1 Å². The summed E-state index contributed by atoms with van der Waals surface area (Å²) in [4.78, 5) is 24.1. The maximum atomic E-state index is 12.2. The highest BCUT2D eigenvalue weighted by Crippen LogP contribution is 2.28. The molecule has 154 valence electrons. The quantitative estimate of drug-likeness (QED) is 0.471. The van der Waals surface area contributed by atoms with Crippen LogP contribution in [0.2, 0.25) is 0 Å². The van der Waals surface area contributed by atoms with Gasteiger partial charge in [0.2, 0.25) is 11.8 Å². The summed E-state index contributed by atoms with van der Waals surface area (Å²) in [5.74, 6) is 0.446. The molecule has 0 bridgehead atoms. The van der Waals surface area contributed by atoms with Crippen LogP contribution in [0.15, 0.2) is 59.8 Å². The van der Waals surface area contributed by atoms with Gasteiger partial charge in [0.15, 0.2) is 11.0 Å². The number of carbonyl (C=O) groups excluding carboxylic acids is 2. The number of benzene rings is 2. The number of carbonyl (C=O) groups is 2. The standard InChI is InChI=1S/C22H23N5O2S/c1-15-10-12-18(13-11-15)27-20(16-6-3-2-4-7-16)24-26-22(27)30-14-19(28)23-25-21(29)17-8-5-9-17/h2-4,6-7,10-13,17H,5,8-9,14H2,1H3,(H,23,28)(H,25,29). The van der Waals surface area contributed by atoms with Crippen molar-refractivity contribution in [3.05, 3.63) is 60.2 Å². The second kappa shape index (κ2) is 9.13. The first-order valence-corrected chi connectivity index (χ1v) is 10.9. The summed E-state index contributed by atoms with van der Waals surface area (Å²) in [6, 6.07) is 17.9. The zero-order valence-corrected chi connectivity index (χ0v) is 17.5. The Morgan fingerprint density at radius 1 is 1.03 bits per heavy atom. The van der Waals surface area contributed by atoms with Crippen LogP contribution in [-0.2, 0) is 9.59 Å². The van der Waals surface area contributed by atoms with E-state index in [2.05, 4.69) is 21.0 Å². The van der Waals surface area contributed by atoms with Gasteiger partial charge in [-0.1, -0.05) is 66.2 Å². The van der Waals surface area contributed by atoms with Crippen LogP contribution < -0.4 is 10.9 Å². The number of nitrogens with zero attached hydrogens (tertiary/aromatic N) is 3. The summed E-state index contributed by atoms with van der Waals surface area (Å²) < 4.78 is 1.94. The largest absolute Gasteiger partial charge is 0.273 e. The van der Waals surface area contributed by atoms with Crippen molar-refractivity contribution < 1.29 is 9.59 Å². The maximum absolute atomic E-state index is 12.2. The van der Waals surface area contributed by atoms with Crippen LogP contribution in [0.1, 0.15) is 24.8 Å². The molecular weight excluding hydrogens is 398 g/mol. The highest BCUT2D eigenvalue weighted by atomic mass is 32.2. The van der Waals surface area contributed by atoms with Crippen molar-refractivity contribution >= 4 is 23.6 Å². The molecule has 1 saturated carbocycles. The Balaban J connectivity index is 1.50. The molecule has 0 unspecified atom stereocenters.